The van der Waals surface area contributed by atoms with Gasteiger partial charge in [0.1, 0.15) is 0 Å². The fraction of sp³-hybridized carbons (Fsp3) is 0.625. The van der Waals surface area contributed by atoms with Crippen LogP contribution in [0.25, 0.3) is 0 Å². The SMILES string of the molecule is CC(=CO[Si](C)(C)C)C(=O)OC[SiH3]. The van der Waals surface area contributed by atoms with E-state index in [1.807, 2.05) is 0 Å². The summed E-state index contributed by atoms with van der Waals surface area (Å²) < 4.78 is 10.3. The Labute approximate surface area is 83.7 Å². The summed E-state index contributed by atoms with van der Waals surface area (Å²) in [6.07, 6.45) is 2.06. The van der Waals surface area contributed by atoms with E-state index in [9.17, 15) is 4.79 Å². The molecule has 0 radical (unpaired) electrons. The number of carbonyl (C=O) groups excluding carboxylic acids is 1. The van der Waals surface area contributed by atoms with E-state index in [-0.39, 0.29) is 5.97 Å². The lowest BCUT2D eigenvalue weighted by Crippen LogP contribution is -2.22. The van der Waals surface area contributed by atoms with Gasteiger partial charge < -0.3 is 9.16 Å². The number of hydrogen-bond acceptors (Lipinski definition) is 3. The lowest BCUT2D eigenvalue weighted by Gasteiger charge is -2.15. The summed E-state index contributed by atoms with van der Waals surface area (Å²) in [7, 11) is -0.689. The van der Waals surface area contributed by atoms with Gasteiger partial charge in [0.2, 0.25) is 8.32 Å². The van der Waals surface area contributed by atoms with Crippen molar-refractivity contribution in [1.82, 2.24) is 0 Å². The van der Waals surface area contributed by atoms with E-state index in [4.69, 9.17) is 9.16 Å². The normalized spacial score (nSPS) is 12.8. The van der Waals surface area contributed by atoms with Crippen molar-refractivity contribution in [3.63, 3.8) is 0 Å². The molecule has 0 unspecified atom stereocenters. The maximum atomic E-state index is 11.1. The Bertz CT molecular complexity index is 206. The number of ether oxygens (including phenoxy) is 1. The Morgan fingerprint density at radius 3 is 2.38 bits per heavy atom. The zero-order valence-electron chi connectivity index (χ0n) is 9.01. The number of carbonyl (C=O) groups is 1. The van der Waals surface area contributed by atoms with E-state index in [0.29, 0.717) is 11.8 Å². The summed E-state index contributed by atoms with van der Waals surface area (Å²) >= 11 is 0. The maximum absolute atomic E-state index is 11.1. The van der Waals surface area contributed by atoms with Crippen molar-refractivity contribution in [3.05, 3.63) is 11.8 Å². The van der Waals surface area contributed by atoms with E-state index < -0.39 is 8.32 Å². The predicted octanol–water partition coefficient (Wildman–Crippen LogP) is 0.608. The molecule has 5 heteroatoms. The standard InChI is InChI=1S/C8H18O3Si2/c1-7(8(9)10-6-12)5-11-13(2,3)4/h5H,6H2,1-4,12H3. The molecule has 0 rings (SSSR count). The van der Waals surface area contributed by atoms with Gasteiger partial charge in [-0.25, -0.2) is 4.79 Å². The summed E-state index contributed by atoms with van der Waals surface area (Å²) in [5.41, 5.74) is 0.540. The molecule has 0 atom stereocenters. The average Bonchev–Trinajstić information content (AvgIpc) is 1.99. The topological polar surface area (TPSA) is 35.5 Å². The lowest BCUT2D eigenvalue weighted by atomic mass is 10.3. The van der Waals surface area contributed by atoms with E-state index in [1.54, 1.807) is 6.92 Å². The monoisotopic (exact) mass is 218 g/mol. The van der Waals surface area contributed by atoms with Crippen LogP contribution in [-0.4, -0.2) is 30.8 Å². The summed E-state index contributed by atoms with van der Waals surface area (Å²) in [5, 5.41) is 0. The molecule has 0 aromatic heterocycles. The van der Waals surface area contributed by atoms with E-state index in [1.165, 1.54) is 6.26 Å². The first-order chi connectivity index (χ1) is 5.87. The first-order valence-corrected chi connectivity index (χ1v) is 9.20. The van der Waals surface area contributed by atoms with Crippen LogP contribution in [0.1, 0.15) is 6.92 Å². The van der Waals surface area contributed by atoms with Gasteiger partial charge in [-0.2, -0.15) is 0 Å². The third-order valence-corrected chi connectivity index (χ3v) is 2.30. The highest BCUT2D eigenvalue weighted by Gasteiger charge is 2.14. The molecular formula is C8H18O3Si2. The Kier molecular flexibility index (Phi) is 5.01. The lowest BCUT2D eigenvalue weighted by molar-refractivity contribution is -0.137. The van der Waals surface area contributed by atoms with Crippen molar-refractivity contribution >= 4 is 24.5 Å². The molecule has 3 nitrogen and oxygen atoms in total. The second kappa shape index (κ2) is 5.23. The molecule has 0 saturated heterocycles. The fourth-order valence-corrected chi connectivity index (χ4v) is 1.35. The van der Waals surface area contributed by atoms with Gasteiger partial charge in [0.15, 0.2) is 0 Å². The number of hydrogen-bond donors (Lipinski definition) is 0. The van der Waals surface area contributed by atoms with Gasteiger partial charge >= 0.3 is 5.97 Å². The van der Waals surface area contributed by atoms with Crippen LogP contribution in [0.3, 0.4) is 0 Å². The molecule has 0 bridgehead atoms. The zero-order chi connectivity index (χ0) is 10.5. The molecule has 0 aliphatic heterocycles. The molecule has 0 aliphatic rings. The molecule has 0 saturated carbocycles. The quantitative estimate of drug-likeness (QED) is 0.300. The Balaban J connectivity index is 4.09. The Morgan fingerprint density at radius 2 is 2.00 bits per heavy atom. The van der Waals surface area contributed by atoms with Gasteiger partial charge in [-0.05, 0) is 26.6 Å². The molecule has 0 aromatic carbocycles. The van der Waals surface area contributed by atoms with Crippen LogP contribution < -0.4 is 0 Å². The smallest absolute Gasteiger partial charge is 0.336 e. The van der Waals surface area contributed by atoms with Gasteiger partial charge in [0, 0.05) is 0 Å². The van der Waals surface area contributed by atoms with Crippen molar-refractivity contribution in [3.8, 4) is 0 Å². The second-order valence-electron chi connectivity index (χ2n) is 3.75. The van der Waals surface area contributed by atoms with Crippen molar-refractivity contribution in [1.29, 1.82) is 0 Å². The number of rotatable bonds is 4. The van der Waals surface area contributed by atoms with Crippen LogP contribution in [-0.2, 0) is 14.0 Å². The van der Waals surface area contributed by atoms with Crippen molar-refractivity contribution < 1.29 is 14.0 Å². The summed E-state index contributed by atoms with van der Waals surface area (Å²) in [5.74, 6) is -0.270. The highest BCUT2D eigenvalue weighted by atomic mass is 28.4. The largest absolute Gasteiger partial charge is 0.549 e. The van der Waals surface area contributed by atoms with Crippen LogP contribution in [0.4, 0.5) is 0 Å². The van der Waals surface area contributed by atoms with Gasteiger partial charge in [-0.1, -0.05) is 0 Å². The van der Waals surface area contributed by atoms with Gasteiger partial charge in [0.05, 0.1) is 28.3 Å². The van der Waals surface area contributed by atoms with Crippen LogP contribution in [0.15, 0.2) is 11.8 Å². The van der Waals surface area contributed by atoms with Crippen LogP contribution in [0.5, 0.6) is 0 Å². The molecule has 76 valence electrons. The Hall–Kier alpha value is -0.556. The minimum atomic E-state index is -1.56. The molecule has 0 amide bonds. The van der Waals surface area contributed by atoms with Crippen LogP contribution in [0, 0.1) is 0 Å². The van der Waals surface area contributed by atoms with Gasteiger partial charge in [0.25, 0.3) is 0 Å². The zero-order valence-corrected chi connectivity index (χ0v) is 12.0. The molecule has 0 fully saturated rings. The predicted molar refractivity (Wildman–Crippen MR) is 59.1 cm³/mol. The van der Waals surface area contributed by atoms with Crippen molar-refractivity contribution in [2.45, 2.75) is 26.6 Å². The summed E-state index contributed by atoms with van der Waals surface area (Å²) in [6.45, 7) is 7.90. The average molecular weight is 218 g/mol. The molecule has 0 aromatic rings. The minimum Gasteiger partial charge on any atom is -0.549 e. The molecule has 0 N–H and O–H groups in total. The molecule has 13 heavy (non-hydrogen) atoms. The first kappa shape index (κ1) is 12.4. The maximum Gasteiger partial charge on any atom is 0.336 e. The highest BCUT2D eigenvalue weighted by Crippen LogP contribution is 2.06. The van der Waals surface area contributed by atoms with Crippen molar-refractivity contribution in [2.75, 3.05) is 6.23 Å². The second-order valence-corrected chi connectivity index (χ2v) is 8.79. The first-order valence-electron chi connectivity index (χ1n) is 4.38. The third kappa shape index (κ3) is 6.59. The molecule has 0 spiro atoms. The number of esters is 1. The van der Waals surface area contributed by atoms with E-state index in [2.05, 4.69) is 19.6 Å². The van der Waals surface area contributed by atoms with Gasteiger partial charge in [-0.15, -0.1) is 0 Å². The molecule has 0 aliphatic carbocycles. The van der Waals surface area contributed by atoms with Crippen LogP contribution in [0.2, 0.25) is 19.6 Å². The van der Waals surface area contributed by atoms with E-state index in [0.717, 1.165) is 10.2 Å². The minimum absolute atomic E-state index is 0.270. The van der Waals surface area contributed by atoms with Crippen molar-refractivity contribution in [2.24, 2.45) is 0 Å². The van der Waals surface area contributed by atoms with Crippen LogP contribution >= 0.6 is 0 Å². The fourth-order valence-electron chi connectivity index (χ4n) is 0.558. The molecule has 0 heterocycles. The molecular weight excluding hydrogens is 200 g/mol. The van der Waals surface area contributed by atoms with Gasteiger partial charge in [-0.3, -0.25) is 0 Å². The Morgan fingerprint density at radius 1 is 1.46 bits per heavy atom. The third-order valence-electron chi connectivity index (χ3n) is 1.19. The summed E-state index contributed by atoms with van der Waals surface area (Å²) in [4.78, 5) is 11.1. The highest BCUT2D eigenvalue weighted by molar-refractivity contribution is 6.69. The van der Waals surface area contributed by atoms with E-state index >= 15 is 0 Å². The summed E-state index contributed by atoms with van der Waals surface area (Å²) in [6, 6.07) is 0.